The fourth-order valence-electron chi connectivity index (χ4n) is 1.79. The largest absolute Gasteiger partial charge is 0.493 e. The van der Waals surface area contributed by atoms with Crippen LogP contribution in [0.5, 0.6) is 5.75 Å². The van der Waals surface area contributed by atoms with Crippen LogP contribution in [0.25, 0.3) is 0 Å². The lowest BCUT2D eigenvalue weighted by atomic mass is 10.1. The van der Waals surface area contributed by atoms with Gasteiger partial charge in [-0.25, -0.2) is 0 Å². The van der Waals surface area contributed by atoms with Crippen molar-refractivity contribution in [2.24, 2.45) is 0 Å². The predicted molar refractivity (Wildman–Crippen MR) is 71.8 cm³/mol. The van der Waals surface area contributed by atoms with Crippen LogP contribution in [0.2, 0.25) is 5.02 Å². The molecule has 0 spiro atoms. The lowest BCUT2D eigenvalue weighted by molar-refractivity contribution is 0.102. The fourth-order valence-corrected chi connectivity index (χ4v) is 2.00. The van der Waals surface area contributed by atoms with Crippen LogP contribution in [-0.2, 0) is 0 Å². The van der Waals surface area contributed by atoms with E-state index in [1.54, 1.807) is 10.7 Å². The topological polar surface area (TPSA) is 57.0 Å². The average Bonchev–Trinajstić information content (AvgIpc) is 2.82. The molecule has 0 fully saturated rings. The van der Waals surface area contributed by atoms with E-state index in [1.807, 2.05) is 13.8 Å². The minimum Gasteiger partial charge on any atom is -0.493 e. The number of pyridine rings is 1. The molecule has 0 amide bonds. The van der Waals surface area contributed by atoms with E-state index in [9.17, 15) is 4.79 Å². The van der Waals surface area contributed by atoms with Crippen LogP contribution in [0.15, 0.2) is 24.7 Å². The van der Waals surface area contributed by atoms with E-state index >= 15 is 0 Å². The molecule has 0 saturated heterocycles. The molecule has 2 rings (SSSR count). The second kappa shape index (κ2) is 5.40. The zero-order valence-electron chi connectivity index (χ0n) is 10.9. The third kappa shape index (κ3) is 2.46. The van der Waals surface area contributed by atoms with Crippen LogP contribution < -0.4 is 4.74 Å². The highest BCUT2D eigenvalue weighted by Crippen LogP contribution is 2.26. The number of halogens is 1. The lowest BCUT2D eigenvalue weighted by Gasteiger charge is -2.11. The molecule has 0 aromatic carbocycles. The standard InChI is InChI=1S/C13H14ClN3O2/c1-8(2)17-12(11(19-3)7-16-17)13(18)9-4-5-15-6-10(9)14/h4-8H,1-3H3. The summed E-state index contributed by atoms with van der Waals surface area (Å²) in [6.07, 6.45) is 4.50. The maximum atomic E-state index is 12.6. The Morgan fingerprint density at radius 1 is 1.42 bits per heavy atom. The molecule has 0 aliphatic rings. The van der Waals surface area contributed by atoms with Crippen LogP contribution in [0.1, 0.15) is 35.9 Å². The Balaban J connectivity index is 2.55. The summed E-state index contributed by atoms with van der Waals surface area (Å²) in [6.45, 7) is 3.88. The molecular formula is C13H14ClN3O2. The molecular weight excluding hydrogens is 266 g/mol. The first-order valence-electron chi connectivity index (χ1n) is 5.82. The summed E-state index contributed by atoms with van der Waals surface area (Å²) in [4.78, 5) is 16.5. The quantitative estimate of drug-likeness (QED) is 0.808. The number of methoxy groups -OCH3 is 1. The van der Waals surface area contributed by atoms with Gasteiger partial charge < -0.3 is 4.74 Å². The first-order valence-corrected chi connectivity index (χ1v) is 6.19. The molecule has 0 aliphatic heterocycles. The second-order valence-electron chi connectivity index (χ2n) is 4.28. The Bertz CT molecular complexity index is 608. The minimum absolute atomic E-state index is 0.0449. The van der Waals surface area contributed by atoms with Gasteiger partial charge in [0.05, 0.1) is 18.3 Å². The molecule has 5 nitrogen and oxygen atoms in total. The van der Waals surface area contributed by atoms with Crippen molar-refractivity contribution in [1.82, 2.24) is 14.8 Å². The van der Waals surface area contributed by atoms with Gasteiger partial charge in [0.15, 0.2) is 11.4 Å². The van der Waals surface area contributed by atoms with Crippen LogP contribution >= 0.6 is 11.6 Å². The normalized spacial score (nSPS) is 10.8. The fraction of sp³-hybridized carbons (Fsp3) is 0.308. The Hall–Kier alpha value is -1.88. The van der Waals surface area contributed by atoms with Crippen molar-refractivity contribution in [2.45, 2.75) is 19.9 Å². The number of nitrogens with zero attached hydrogens (tertiary/aromatic N) is 3. The van der Waals surface area contributed by atoms with E-state index < -0.39 is 0 Å². The van der Waals surface area contributed by atoms with Crippen molar-refractivity contribution >= 4 is 17.4 Å². The molecule has 2 aromatic heterocycles. The molecule has 2 heterocycles. The first kappa shape index (κ1) is 13.5. The number of carbonyl (C=O) groups is 1. The summed E-state index contributed by atoms with van der Waals surface area (Å²) in [7, 11) is 1.51. The third-order valence-corrected chi connectivity index (χ3v) is 3.00. The minimum atomic E-state index is -0.226. The highest BCUT2D eigenvalue weighted by molar-refractivity contribution is 6.34. The lowest BCUT2D eigenvalue weighted by Crippen LogP contribution is -2.14. The first-order chi connectivity index (χ1) is 9.06. The van der Waals surface area contributed by atoms with Gasteiger partial charge in [-0.15, -0.1) is 0 Å². The summed E-state index contributed by atoms with van der Waals surface area (Å²) in [5.41, 5.74) is 0.781. The second-order valence-corrected chi connectivity index (χ2v) is 4.69. The van der Waals surface area contributed by atoms with Crippen LogP contribution in [0, 0.1) is 0 Å². The highest BCUT2D eigenvalue weighted by Gasteiger charge is 2.23. The molecule has 0 radical (unpaired) electrons. The van der Waals surface area contributed by atoms with Gasteiger partial charge in [0.1, 0.15) is 0 Å². The maximum absolute atomic E-state index is 12.6. The zero-order valence-corrected chi connectivity index (χ0v) is 11.7. The van der Waals surface area contributed by atoms with Crippen molar-refractivity contribution in [3.63, 3.8) is 0 Å². The number of ether oxygens (including phenoxy) is 1. The number of ketones is 1. The molecule has 0 saturated carbocycles. The van der Waals surface area contributed by atoms with Crippen LogP contribution in [0.3, 0.4) is 0 Å². The van der Waals surface area contributed by atoms with Crippen LogP contribution in [-0.4, -0.2) is 27.7 Å². The Morgan fingerprint density at radius 3 is 2.74 bits per heavy atom. The van der Waals surface area contributed by atoms with Gasteiger partial charge in [-0.05, 0) is 19.9 Å². The molecule has 0 aliphatic carbocycles. The van der Waals surface area contributed by atoms with Crippen molar-refractivity contribution in [1.29, 1.82) is 0 Å². The van der Waals surface area contributed by atoms with Crippen LogP contribution in [0.4, 0.5) is 0 Å². The number of carbonyl (C=O) groups excluding carboxylic acids is 1. The summed E-state index contributed by atoms with van der Waals surface area (Å²) in [5, 5.41) is 4.49. The maximum Gasteiger partial charge on any atom is 0.216 e. The summed E-state index contributed by atoms with van der Waals surface area (Å²) < 4.78 is 6.82. The molecule has 0 unspecified atom stereocenters. The van der Waals surface area contributed by atoms with Gasteiger partial charge in [0.25, 0.3) is 0 Å². The van der Waals surface area contributed by atoms with Gasteiger partial charge in [-0.2, -0.15) is 5.10 Å². The SMILES string of the molecule is COc1cnn(C(C)C)c1C(=O)c1ccncc1Cl. The number of hydrogen-bond acceptors (Lipinski definition) is 4. The number of aromatic nitrogens is 3. The molecule has 0 bridgehead atoms. The average molecular weight is 280 g/mol. The van der Waals surface area contributed by atoms with E-state index in [1.165, 1.54) is 25.7 Å². The van der Waals surface area contributed by atoms with E-state index in [0.717, 1.165) is 0 Å². The summed E-state index contributed by atoms with van der Waals surface area (Å²) in [5.74, 6) is 0.210. The van der Waals surface area contributed by atoms with Gasteiger partial charge in [0.2, 0.25) is 5.78 Å². The summed E-state index contributed by atoms with van der Waals surface area (Å²) in [6, 6.07) is 1.63. The highest BCUT2D eigenvalue weighted by atomic mass is 35.5. The Labute approximate surface area is 116 Å². The van der Waals surface area contributed by atoms with E-state index in [0.29, 0.717) is 22.0 Å². The number of hydrogen-bond donors (Lipinski definition) is 0. The summed E-state index contributed by atoms with van der Waals surface area (Å²) >= 11 is 6.01. The molecule has 100 valence electrons. The molecule has 2 aromatic rings. The van der Waals surface area contributed by atoms with Crippen molar-refractivity contribution < 1.29 is 9.53 Å². The van der Waals surface area contributed by atoms with Crippen molar-refractivity contribution in [3.8, 4) is 5.75 Å². The van der Waals surface area contributed by atoms with Gasteiger partial charge in [-0.3, -0.25) is 14.5 Å². The van der Waals surface area contributed by atoms with E-state index in [2.05, 4.69) is 10.1 Å². The van der Waals surface area contributed by atoms with Crippen molar-refractivity contribution in [3.05, 3.63) is 40.9 Å². The zero-order chi connectivity index (χ0) is 14.0. The predicted octanol–water partition coefficient (Wildman–Crippen LogP) is 2.75. The monoisotopic (exact) mass is 279 g/mol. The molecule has 0 N–H and O–H groups in total. The number of rotatable bonds is 4. The smallest absolute Gasteiger partial charge is 0.216 e. The van der Waals surface area contributed by atoms with Crippen molar-refractivity contribution in [2.75, 3.05) is 7.11 Å². The molecule has 6 heteroatoms. The third-order valence-electron chi connectivity index (χ3n) is 2.70. The van der Waals surface area contributed by atoms with Gasteiger partial charge in [-0.1, -0.05) is 11.6 Å². The Kier molecular flexibility index (Phi) is 3.85. The molecule has 0 atom stereocenters. The van der Waals surface area contributed by atoms with E-state index in [4.69, 9.17) is 16.3 Å². The van der Waals surface area contributed by atoms with Gasteiger partial charge in [0, 0.05) is 24.0 Å². The van der Waals surface area contributed by atoms with Gasteiger partial charge >= 0.3 is 0 Å². The molecule has 19 heavy (non-hydrogen) atoms. The van der Waals surface area contributed by atoms with E-state index in [-0.39, 0.29) is 11.8 Å². The Morgan fingerprint density at radius 2 is 2.16 bits per heavy atom.